The number of nitrogens with two attached hydrogens (primary N) is 1. The van der Waals surface area contributed by atoms with Crippen molar-refractivity contribution >= 4 is 0 Å². The van der Waals surface area contributed by atoms with Crippen LogP contribution in [0.15, 0.2) is 16.9 Å². The molecule has 0 saturated heterocycles. The second-order valence-corrected chi connectivity index (χ2v) is 2.46. The molecule has 0 spiro atoms. The summed E-state index contributed by atoms with van der Waals surface area (Å²) in [5, 5.41) is 0. The van der Waals surface area contributed by atoms with E-state index in [0.29, 0.717) is 18.8 Å². The molecule has 4 heteroatoms. The summed E-state index contributed by atoms with van der Waals surface area (Å²) in [5.41, 5.74) is 6.10. The smallest absolute Gasteiger partial charge is 0.250 e. The monoisotopic (exact) mass is 168 g/mol. The molecule has 0 fully saturated rings. The molecule has 66 valence electrons. The van der Waals surface area contributed by atoms with Crippen LogP contribution in [0, 0.1) is 0 Å². The van der Waals surface area contributed by atoms with Crippen molar-refractivity contribution in [1.29, 1.82) is 0 Å². The van der Waals surface area contributed by atoms with Gasteiger partial charge in [0.25, 0.3) is 5.56 Å². The minimum Gasteiger partial charge on any atom is -0.482 e. The van der Waals surface area contributed by atoms with Crippen molar-refractivity contribution in [3.05, 3.63) is 28.0 Å². The molecule has 1 rings (SSSR count). The van der Waals surface area contributed by atoms with Gasteiger partial charge in [-0.05, 0) is 18.5 Å². The van der Waals surface area contributed by atoms with Crippen LogP contribution >= 0.6 is 0 Å². The quantitative estimate of drug-likeness (QED) is 0.661. The van der Waals surface area contributed by atoms with Crippen molar-refractivity contribution in [3.8, 4) is 5.88 Å². The van der Waals surface area contributed by atoms with Gasteiger partial charge in [-0.3, -0.25) is 9.78 Å². The maximum atomic E-state index is 11.0. The maximum absolute atomic E-state index is 11.0. The van der Waals surface area contributed by atoms with Crippen molar-refractivity contribution in [2.24, 2.45) is 5.73 Å². The fourth-order valence-electron chi connectivity index (χ4n) is 0.993. The number of aromatic amines is 1. The van der Waals surface area contributed by atoms with E-state index in [1.807, 2.05) is 0 Å². The van der Waals surface area contributed by atoms with Gasteiger partial charge in [0.2, 0.25) is 0 Å². The Balaban J connectivity index is 2.98. The topological polar surface area (TPSA) is 68.1 Å². The van der Waals surface area contributed by atoms with Crippen LogP contribution in [0.2, 0.25) is 0 Å². The normalized spacial score (nSPS) is 9.83. The summed E-state index contributed by atoms with van der Waals surface area (Å²) in [5.74, 6) is 0.478. The van der Waals surface area contributed by atoms with Gasteiger partial charge in [0.05, 0.1) is 7.11 Å². The average Bonchev–Trinajstić information content (AvgIpc) is 2.04. The van der Waals surface area contributed by atoms with Gasteiger partial charge in [-0.15, -0.1) is 0 Å². The van der Waals surface area contributed by atoms with Gasteiger partial charge in [-0.1, -0.05) is 0 Å². The molecule has 0 amide bonds. The lowest BCUT2D eigenvalue weighted by molar-refractivity contribution is 0.396. The highest BCUT2D eigenvalue weighted by atomic mass is 16.5. The van der Waals surface area contributed by atoms with Crippen LogP contribution in [0.25, 0.3) is 0 Å². The van der Waals surface area contributed by atoms with E-state index in [4.69, 9.17) is 10.5 Å². The second kappa shape index (κ2) is 3.92. The maximum Gasteiger partial charge on any atom is 0.250 e. The summed E-state index contributed by atoms with van der Waals surface area (Å²) in [7, 11) is 1.51. The molecule has 0 saturated carbocycles. The molecule has 1 heterocycles. The van der Waals surface area contributed by atoms with E-state index in [1.165, 1.54) is 13.2 Å². The van der Waals surface area contributed by atoms with Crippen LogP contribution in [0.5, 0.6) is 5.88 Å². The number of pyridine rings is 1. The molecule has 3 N–H and O–H groups in total. The standard InChI is InChI=1S/C8H12N2O2/c1-12-8-5-6(2-3-9)4-7(11)10-8/h4-5H,2-3,9H2,1H3,(H,10,11). The van der Waals surface area contributed by atoms with Gasteiger partial charge in [-0.25, -0.2) is 0 Å². The fraction of sp³-hybridized carbons (Fsp3) is 0.375. The number of nitrogens with one attached hydrogen (secondary N) is 1. The fourth-order valence-corrected chi connectivity index (χ4v) is 0.993. The lowest BCUT2D eigenvalue weighted by atomic mass is 10.2. The molecule has 4 nitrogen and oxygen atoms in total. The molecule has 0 bridgehead atoms. The molecule has 0 aliphatic heterocycles. The summed E-state index contributed by atoms with van der Waals surface area (Å²) in [6.45, 7) is 0.534. The van der Waals surface area contributed by atoms with Crippen LogP contribution in [-0.2, 0) is 6.42 Å². The van der Waals surface area contributed by atoms with Crippen LogP contribution in [0.4, 0.5) is 0 Å². The molecule has 1 aromatic heterocycles. The summed E-state index contributed by atoms with van der Waals surface area (Å²) >= 11 is 0. The van der Waals surface area contributed by atoms with E-state index in [2.05, 4.69) is 4.98 Å². The Labute approximate surface area is 70.4 Å². The Hall–Kier alpha value is -1.29. The highest BCUT2D eigenvalue weighted by Crippen LogP contribution is 2.05. The average molecular weight is 168 g/mol. The van der Waals surface area contributed by atoms with Crippen molar-refractivity contribution in [2.75, 3.05) is 13.7 Å². The van der Waals surface area contributed by atoms with Crippen LogP contribution in [0.1, 0.15) is 5.56 Å². The second-order valence-electron chi connectivity index (χ2n) is 2.46. The number of ether oxygens (including phenoxy) is 1. The third kappa shape index (κ3) is 2.10. The highest BCUT2D eigenvalue weighted by Gasteiger charge is 1.97. The molecule has 0 aromatic carbocycles. The van der Waals surface area contributed by atoms with Crippen LogP contribution in [-0.4, -0.2) is 18.6 Å². The lowest BCUT2D eigenvalue weighted by Gasteiger charge is -2.01. The zero-order chi connectivity index (χ0) is 8.97. The predicted molar refractivity (Wildman–Crippen MR) is 46.4 cm³/mol. The minimum absolute atomic E-state index is 0.155. The number of hydrogen-bond donors (Lipinski definition) is 2. The summed E-state index contributed by atoms with van der Waals surface area (Å²) < 4.78 is 4.89. The lowest BCUT2D eigenvalue weighted by Crippen LogP contribution is -2.10. The van der Waals surface area contributed by atoms with E-state index in [-0.39, 0.29) is 5.56 Å². The zero-order valence-electron chi connectivity index (χ0n) is 6.96. The first-order valence-electron chi connectivity index (χ1n) is 3.73. The first-order valence-corrected chi connectivity index (χ1v) is 3.73. The highest BCUT2D eigenvalue weighted by molar-refractivity contribution is 5.20. The Morgan fingerprint density at radius 3 is 2.92 bits per heavy atom. The number of H-pyrrole nitrogens is 1. The molecule has 0 aliphatic carbocycles. The molecule has 12 heavy (non-hydrogen) atoms. The van der Waals surface area contributed by atoms with E-state index >= 15 is 0 Å². The summed E-state index contributed by atoms with van der Waals surface area (Å²) in [4.78, 5) is 13.5. The predicted octanol–water partition coefficient (Wildman–Crippen LogP) is -0.115. The van der Waals surface area contributed by atoms with Gasteiger partial charge in [0.15, 0.2) is 5.88 Å². The van der Waals surface area contributed by atoms with Gasteiger partial charge in [0, 0.05) is 12.1 Å². The van der Waals surface area contributed by atoms with Gasteiger partial charge < -0.3 is 10.5 Å². The first kappa shape index (κ1) is 8.80. The third-order valence-electron chi connectivity index (χ3n) is 1.53. The van der Waals surface area contributed by atoms with Gasteiger partial charge in [0.1, 0.15) is 0 Å². The summed E-state index contributed by atoms with van der Waals surface area (Å²) in [6, 6.07) is 3.30. The SMILES string of the molecule is COc1cc(CCN)cc(=O)[nH]1. The minimum atomic E-state index is -0.155. The Bertz CT molecular complexity index is 306. The van der Waals surface area contributed by atoms with E-state index < -0.39 is 0 Å². The Morgan fingerprint density at radius 2 is 2.33 bits per heavy atom. The number of hydrogen-bond acceptors (Lipinski definition) is 3. The largest absolute Gasteiger partial charge is 0.482 e. The van der Waals surface area contributed by atoms with Crippen molar-refractivity contribution in [1.82, 2.24) is 4.98 Å². The summed E-state index contributed by atoms with van der Waals surface area (Å²) in [6.07, 6.45) is 0.695. The third-order valence-corrected chi connectivity index (χ3v) is 1.53. The first-order chi connectivity index (χ1) is 5.76. The number of rotatable bonds is 3. The zero-order valence-corrected chi connectivity index (χ0v) is 6.96. The molecular formula is C8H12N2O2. The number of aromatic nitrogens is 1. The van der Waals surface area contributed by atoms with E-state index in [9.17, 15) is 4.79 Å². The Kier molecular flexibility index (Phi) is 2.88. The molecular weight excluding hydrogens is 156 g/mol. The van der Waals surface area contributed by atoms with E-state index in [0.717, 1.165) is 5.56 Å². The van der Waals surface area contributed by atoms with Gasteiger partial charge >= 0.3 is 0 Å². The molecule has 0 atom stereocenters. The molecule has 0 unspecified atom stereocenters. The Morgan fingerprint density at radius 1 is 1.58 bits per heavy atom. The van der Waals surface area contributed by atoms with Crippen LogP contribution in [0.3, 0.4) is 0 Å². The van der Waals surface area contributed by atoms with Crippen LogP contribution < -0.4 is 16.0 Å². The molecule has 0 radical (unpaired) electrons. The molecule has 0 aliphatic rings. The van der Waals surface area contributed by atoms with Crippen molar-refractivity contribution in [3.63, 3.8) is 0 Å². The number of methoxy groups -OCH3 is 1. The van der Waals surface area contributed by atoms with Crippen molar-refractivity contribution in [2.45, 2.75) is 6.42 Å². The van der Waals surface area contributed by atoms with Crippen molar-refractivity contribution < 1.29 is 4.74 Å². The molecule has 1 aromatic rings. The van der Waals surface area contributed by atoms with Gasteiger partial charge in [-0.2, -0.15) is 0 Å². The van der Waals surface area contributed by atoms with E-state index in [1.54, 1.807) is 6.07 Å².